The Morgan fingerprint density at radius 3 is 1.81 bits per heavy atom. The minimum absolute atomic E-state index is 0.291. The summed E-state index contributed by atoms with van der Waals surface area (Å²) in [6, 6.07) is 15.0. The van der Waals surface area contributed by atoms with Gasteiger partial charge in [0, 0.05) is 0 Å². The first-order valence-corrected chi connectivity index (χ1v) is 10.0. The monoisotopic (exact) mass is 426 g/mol. The topological polar surface area (TPSA) is 0 Å². The van der Waals surface area contributed by atoms with Crippen LogP contribution in [-0.2, 0) is 6.42 Å². The molecule has 158 valence electrons. The Kier molecular flexibility index (Phi) is 5.77. The highest BCUT2D eigenvalue weighted by atomic mass is 19.2. The zero-order chi connectivity index (χ0) is 22.1. The molecule has 5 heteroatoms. The summed E-state index contributed by atoms with van der Waals surface area (Å²) in [5.74, 6) is -6.68. The predicted octanol–water partition coefficient (Wildman–Crippen LogP) is 8.21. The van der Waals surface area contributed by atoms with Crippen LogP contribution in [0.3, 0.4) is 0 Å². The first kappa shape index (κ1) is 21.0. The molecule has 0 unspecified atom stereocenters. The second-order valence-electron chi connectivity index (χ2n) is 7.57. The van der Waals surface area contributed by atoms with Crippen LogP contribution in [0.15, 0.2) is 60.7 Å². The molecular weight excluding hydrogens is 407 g/mol. The third kappa shape index (κ3) is 4.18. The van der Waals surface area contributed by atoms with E-state index in [-0.39, 0.29) is 0 Å². The van der Waals surface area contributed by atoms with Crippen molar-refractivity contribution < 1.29 is 22.0 Å². The normalized spacial score (nSPS) is 11.3. The van der Waals surface area contributed by atoms with Gasteiger partial charge in [-0.2, -0.15) is 0 Å². The molecule has 0 aliphatic heterocycles. The molecule has 0 radical (unpaired) electrons. The minimum Gasteiger partial charge on any atom is -0.206 e. The van der Waals surface area contributed by atoms with Crippen molar-refractivity contribution >= 4 is 10.8 Å². The van der Waals surface area contributed by atoms with Gasteiger partial charge < -0.3 is 0 Å². The van der Waals surface area contributed by atoms with E-state index in [9.17, 15) is 22.0 Å². The molecule has 31 heavy (non-hydrogen) atoms. The molecule has 0 N–H and O–H groups in total. The fraction of sp³-hybridized carbons (Fsp3) is 0.154. The predicted molar refractivity (Wildman–Crippen MR) is 113 cm³/mol. The molecule has 0 saturated heterocycles. The first-order valence-electron chi connectivity index (χ1n) is 10.0. The van der Waals surface area contributed by atoms with Gasteiger partial charge in [0.1, 0.15) is 11.6 Å². The van der Waals surface area contributed by atoms with E-state index in [1.807, 2.05) is 24.3 Å². The summed E-state index contributed by atoms with van der Waals surface area (Å²) in [6.07, 6.45) is 3.22. The molecule has 0 saturated carbocycles. The Morgan fingerprint density at radius 2 is 1.16 bits per heavy atom. The molecule has 4 aromatic rings. The van der Waals surface area contributed by atoms with E-state index in [2.05, 4.69) is 13.0 Å². The molecule has 0 heterocycles. The van der Waals surface area contributed by atoms with Crippen molar-refractivity contribution in [1.82, 2.24) is 0 Å². The highest BCUT2D eigenvalue weighted by Crippen LogP contribution is 2.33. The lowest BCUT2D eigenvalue weighted by Crippen LogP contribution is -1.97. The first-order chi connectivity index (χ1) is 14.9. The van der Waals surface area contributed by atoms with Crippen LogP contribution in [0.5, 0.6) is 0 Å². The van der Waals surface area contributed by atoms with E-state index in [1.54, 1.807) is 6.07 Å². The van der Waals surface area contributed by atoms with Crippen LogP contribution < -0.4 is 0 Å². The van der Waals surface area contributed by atoms with Crippen molar-refractivity contribution in [3.05, 3.63) is 95.3 Å². The number of halogens is 5. The van der Waals surface area contributed by atoms with E-state index in [1.165, 1.54) is 5.56 Å². The van der Waals surface area contributed by atoms with Crippen LogP contribution in [-0.4, -0.2) is 0 Å². The van der Waals surface area contributed by atoms with E-state index < -0.39 is 40.2 Å². The molecule has 0 nitrogen and oxygen atoms in total. The SMILES string of the molecule is CCCCc1ccc2cc(-c3cc(F)c(-c4cc(F)c(F)c(F)c4)c(F)c3)ccc2c1. The van der Waals surface area contributed by atoms with Crippen LogP contribution in [0.2, 0.25) is 0 Å². The zero-order valence-electron chi connectivity index (χ0n) is 16.8. The number of aryl methyl sites for hydroxylation is 1. The molecule has 4 aromatic carbocycles. The smallest absolute Gasteiger partial charge is 0.194 e. The Hall–Kier alpha value is -3.21. The van der Waals surface area contributed by atoms with Gasteiger partial charge in [0.25, 0.3) is 0 Å². The summed E-state index contributed by atoms with van der Waals surface area (Å²) >= 11 is 0. The average Bonchev–Trinajstić information content (AvgIpc) is 2.75. The van der Waals surface area contributed by atoms with E-state index in [4.69, 9.17) is 0 Å². The van der Waals surface area contributed by atoms with Gasteiger partial charge in [-0.15, -0.1) is 0 Å². The number of rotatable bonds is 5. The Labute approximate surface area is 177 Å². The van der Waals surface area contributed by atoms with Gasteiger partial charge in [-0.3, -0.25) is 0 Å². The van der Waals surface area contributed by atoms with Crippen LogP contribution in [0, 0.1) is 29.1 Å². The van der Waals surface area contributed by atoms with Gasteiger partial charge in [-0.25, -0.2) is 22.0 Å². The van der Waals surface area contributed by atoms with Crippen molar-refractivity contribution in [2.45, 2.75) is 26.2 Å². The standard InChI is InChI=1S/C26H19F5/c1-2-3-4-15-5-6-17-10-18(8-7-16(17)9-15)19-11-21(27)25(22(28)12-19)20-13-23(29)26(31)24(30)14-20/h5-14H,2-4H2,1H3. The highest BCUT2D eigenvalue weighted by molar-refractivity contribution is 5.88. The third-order valence-electron chi connectivity index (χ3n) is 5.37. The van der Waals surface area contributed by atoms with Crippen molar-refractivity contribution in [3.8, 4) is 22.3 Å². The number of hydrogen-bond donors (Lipinski definition) is 0. The number of hydrogen-bond acceptors (Lipinski definition) is 0. The molecule has 0 fully saturated rings. The largest absolute Gasteiger partial charge is 0.206 e. The molecule has 0 aliphatic rings. The van der Waals surface area contributed by atoms with Crippen molar-refractivity contribution in [2.75, 3.05) is 0 Å². The van der Waals surface area contributed by atoms with Gasteiger partial charge in [-0.1, -0.05) is 43.7 Å². The fourth-order valence-corrected chi connectivity index (χ4v) is 3.73. The summed E-state index contributed by atoms with van der Waals surface area (Å²) in [4.78, 5) is 0. The van der Waals surface area contributed by atoms with Crippen LogP contribution in [0.25, 0.3) is 33.0 Å². The molecule has 0 bridgehead atoms. The Balaban J connectivity index is 1.73. The maximum Gasteiger partial charge on any atom is 0.194 e. The summed E-state index contributed by atoms with van der Waals surface area (Å²) in [5, 5.41) is 1.97. The average molecular weight is 426 g/mol. The van der Waals surface area contributed by atoms with Crippen LogP contribution in [0.1, 0.15) is 25.3 Å². The fourth-order valence-electron chi connectivity index (χ4n) is 3.73. The van der Waals surface area contributed by atoms with Gasteiger partial charge in [-0.05, 0) is 76.2 Å². The minimum atomic E-state index is -1.68. The molecule has 0 atom stereocenters. The van der Waals surface area contributed by atoms with E-state index >= 15 is 0 Å². The van der Waals surface area contributed by atoms with Gasteiger partial charge >= 0.3 is 0 Å². The summed E-state index contributed by atoms with van der Waals surface area (Å²) in [5.41, 5.74) is 1.12. The summed E-state index contributed by atoms with van der Waals surface area (Å²) in [7, 11) is 0. The number of unbranched alkanes of at least 4 members (excludes halogenated alkanes) is 1. The summed E-state index contributed by atoms with van der Waals surface area (Å²) < 4.78 is 69.7. The molecule has 0 amide bonds. The maximum atomic E-state index is 14.8. The second-order valence-corrected chi connectivity index (χ2v) is 7.57. The van der Waals surface area contributed by atoms with Gasteiger partial charge in [0.05, 0.1) is 5.56 Å². The third-order valence-corrected chi connectivity index (χ3v) is 5.37. The van der Waals surface area contributed by atoms with Crippen molar-refractivity contribution in [3.63, 3.8) is 0 Å². The second kappa shape index (κ2) is 8.50. The van der Waals surface area contributed by atoms with Gasteiger partial charge in [0.15, 0.2) is 17.5 Å². The van der Waals surface area contributed by atoms with Crippen LogP contribution in [0.4, 0.5) is 22.0 Å². The number of benzene rings is 4. The lowest BCUT2D eigenvalue weighted by molar-refractivity contribution is 0.447. The van der Waals surface area contributed by atoms with Crippen molar-refractivity contribution in [2.24, 2.45) is 0 Å². The van der Waals surface area contributed by atoms with Crippen molar-refractivity contribution in [1.29, 1.82) is 0 Å². The van der Waals surface area contributed by atoms with Crippen LogP contribution >= 0.6 is 0 Å². The molecule has 0 aliphatic carbocycles. The number of fused-ring (bicyclic) bond motifs is 1. The van der Waals surface area contributed by atoms with Gasteiger partial charge in [0.2, 0.25) is 0 Å². The highest BCUT2D eigenvalue weighted by Gasteiger charge is 2.18. The molecule has 0 spiro atoms. The summed E-state index contributed by atoms with van der Waals surface area (Å²) in [6.45, 7) is 2.14. The molecule has 4 rings (SSSR count). The van der Waals surface area contributed by atoms with E-state index in [0.29, 0.717) is 23.3 Å². The molecule has 0 aromatic heterocycles. The maximum absolute atomic E-state index is 14.8. The Morgan fingerprint density at radius 1 is 0.581 bits per heavy atom. The Bertz CT molecular complexity index is 1230. The zero-order valence-corrected chi connectivity index (χ0v) is 16.8. The van der Waals surface area contributed by atoms with E-state index in [0.717, 1.165) is 42.2 Å². The molecular formula is C26H19F5. The quantitative estimate of drug-likeness (QED) is 0.223. The lowest BCUT2D eigenvalue weighted by Gasteiger charge is -2.11. The lowest BCUT2D eigenvalue weighted by atomic mass is 9.96.